The van der Waals surface area contributed by atoms with Crippen molar-refractivity contribution in [2.45, 2.75) is 70.8 Å². The third-order valence-electron chi connectivity index (χ3n) is 2.93. The highest BCUT2D eigenvalue weighted by Crippen LogP contribution is 2.19. The van der Waals surface area contributed by atoms with Gasteiger partial charge < -0.3 is 10.2 Å². The molecule has 0 spiro atoms. The zero-order valence-electron chi connectivity index (χ0n) is 9.96. The van der Waals surface area contributed by atoms with Gasteiger partial charge in [-0.25, -0.2) is 4.79 Å². The van der Waals surface area contributed by atoms with E-state index in [9.17, 15) is 9.90 Å². The molecule has 0 aliphatic rings. The van der Waals surface area contributed by atoms with Gasteiger partial charge in [-0.2, -0.15) is 0 Å². The minimum absolute atomic E-state index is 0.289. The van der Waals surface area contributed by atoms with Gasteiger partial charge in [-0.05, 0) is 19.3 Å². The van der Waals surface area contributed by atoms with Crippen LogP contribution in [-0.2, 0) is 4.79 Å². The number of aliphatic hydroxyl groups is 1. The molecule has 2 N–H and O–H groups in total. The van der Waals surface area contributed by atoms with Crippen molar-refractivity contribution in [2.75, 3.05) is 0 Å². The number of carboxylic acids is 1. The van der Waals surface area contributed by atoms with Crippen molar-refractivity contribution in [3.05, 3.63) is 0 Å². The molecular weight excluding hydrogens is 192 g/mol. The van der Waals surface area contributed by atoms with Crippen molar-refractivity contribution in [3.63, 3.8) is 0 Å². The molecule has 0 amide bonds. The van der Waals surface area contributed by atoms with Gasteiger partial charge >= 0.3 is 5.97 Å². The molecule has 0 saturated carbocycles. The molecule has 0 aliphatic carbocycles. The van der Waals surface area contributed by atoms with Gasteiger partial charge in [0.05, 0.1) is 0 Å². The average Bonchev–Trinajstić information content (AvgIpc) is 2.22. The first-order valence-corrected chi connectivity index (χ1v) is 6.02. The van der Waals surface area contributed by atoms with Crippen LogP contribution in [0.5, 0.6) is 0 Å². The van der Waals surface area contributed by atoms with Gasteiger partial charge in [-0.3, -0.25) is 0 Å². The first-order chi connectivity index (χ1) is 7.06. The Bertz CT molecular complexity index is 180. The fraction of sp³-hybridized carbons (Fsp3) is 0.917. The minimum atomic E-state index is -1.50. The summed E-state index contributed by atoms with van der Waals surface area (Å²) in [6.07, 6.45) is 7.32. The molecule has 3 heteroatoms. The molecule has 1 unspecified atom stereocenters. The third-order valence-corrected chi connectivity index (χ3v) is 2.93. The monoisotopic (exact) mass is 216 g/mol. The van der Waals surface area contributed by atoms with E-state index in [4.69, 9.17) is 5.11 Å². The molecule has 0 heterocycles. The summed E-state index contributed by atoms with van der Waals surface area (Å²) < 4.78 is 0. The van der Waals surface area contributed by atoms with Crippen LogP contribution in [0.1, 0.15) is 65.2 Å². The summed E-state index contributed by atoms with van der Waals surface area (Å²) in [7, 11) is 0. The van der Waals surface area contributed by atoms with Crippen LogP contribution in [0.3, 0.4) is 0 Å². The van der Waals surface area contributed by atoms with Crippen molar-refractivity contribution in [1.29, 1.82) is 0 Å². The summed E-state index contributed by atoms with van der Waals surface area (Å²) in [4.78, 5) is 10.8. The summed E-state index contributed by atoms with van der Waals surface area (Å²) in [5.74, 6) is -1.08. The molecule has 0 radical (unpaired) electrons. The van der Waals surface area contributed by atoms with Gasteiger partial charge in [-0.15, -0.1) is 0 Å². The highest BCUT2D eigenvalue weighted by molar-refractivity contribution is 5.76. The van der Waals surface area contributed by atoms with Gasteiger partial charge in [0.2, 0.25) is 0 Å². The Hall–Kier alpha value is -0.570. The third kappa shape index (κ3) is 5.78. The van der Waals surface area contributed by atoms with Crippen LogP contribution >= 0.6 is 0 Å². The lowest BCUT2D eigenvalue weighted by Gasteiger charge is -2.21. The predicted octanol–water partition coefficient (Wildman–Crippen LogP) is 2.96. The lowest BCUT2D eigenvalue weighted by molar-refractivity contribution is -0.159. The Labute approximate surface area is 92.5 Å². The Kier molecular flexibility index (Phi) is 7.39. The standard InChI is InChI=1S/C12H24O3/c1-3-5-6-7-8-9-10-12(15,4-2)11(13)14/h15H,3-10H2,1-2H3,(H,13,14). The van der Waals surface area contributed by atoms with Gasteiger partial charge in [0.15, 0.2) is 5.60 Å². The number of aliphatic carboxylic acids is 1. The molecule has 0 aromatic rings. The van der Waals surface area contributed by atoms with Crippen molar-refractivity contribution < 1.29 is 15.0 Å². The fourth-order valence-electron chi connectivity index (χ4n) is 1.63. The zero-order chi connectivity index (χ0) is 11.7. The summed E-state index contributed by atoms with van der Waals surface area (Å²) in [5.41, 5.74) is -1.50. The number of rotatable bonds is 9. The molecule has 0 fully saturated rings. The van der Waals surface area contributed by atoms with E-state index in [1.165, 1.54) is 19.3 Å². The quantitative estimate of drug-likeness (QED) is 0.582. The number of carboxylic acid groups (broad SMARTS) is 1. The van der Waals surface area contributed by atoms with Gasteiger partial charge in [-0.1, -0.05) is 46.0 Å². The Morgan fingerprint density at radius 3 is 2.07 bits per heavy atom. The maximum absolute atomic E-state index is 10.8. The van der Waals surface area contributed by atoms with E-state index in [0.717, 1.165) is 19.3 Å². The second-order valence-corrected chi connectivity index (χ2v) is 4.21. The van der Waals surface area contributed by atoms with E-state index in [1.54, 1.807) is 6.92 Å². The Balaban J connectivity index is 3.60. The average molecular weight is 216 g/mol. The molecule has 0 aromatic heterocycles. The second-order valence-electron chi connectivity index (χ2n) is 4.21. The molecule has 3 nitrogen and oxygen atoms in total. The van der Waals surface area contributed by atoms with E-state index in [-0.39, 0.29) is 6.42 Å². The van der Waals surface area contributed by atoms with Crippen molar-refractivity contribution >= 4 is 5.97 Å². The smallest absolute Gasteiger partial charge is 0.335 e. The molecule has 0 aromatic carbocycles. The topological polar surface area (TPSA) is 57.5 Å². The van der Waals surface area contributed by atoms with Crippen molar-refractivity contribution in [2.24, 2.45) is 0 Å². The van der Waals surface area contributed by atoms with Gasteiger partial charge in [0.1, 0.15) is 0 Å². The summed E-state index contributed by atoms with van der Waals surface area (Å²) in [5, 5.41) is 18.5. The molecule has 0 aliphatic heterocycles. The normalized spacial score (nSPS) is 14.9. The van der Waals surface area contributed by atoms with Crippen LogP contribution in [0.4, 0.5) is 0 Å². The lowest BCUT2D eigenvalue weighted by atomic mass is 9.93. The molecular formula is C12H24O3. The zero-order valence-corrected chi connectivity index (χ0v) is 9.96. The van der Waals surface area contributed by atoms with Crippen molar-refractivity contribution in [1.82, 2.24) is 0 Å². The first-order valence-electron chi connectivity index (χ1n) is 6.02. The Morgan fingerprint density at radius 2 is 1.60 bits per heavy atom. The fourth-order valence-corrected chi connectivity index (χ4v) is 1.63. The van der Waals surface area contributed by atoms with Gasteiger partial charge in [0, 0.05) is 0 Å². The highest BCUT2D eigenvalue weighted by Gasteiger charge is 2.32. The van der Waals surface area contributed by atoms with E-state index in [2.05, 4.69) is 6.92 Å². The summed E-state index contributed by atoms with van der Waals surface area (Å²) >= 11 is 0. The minimum Gasteiger partial charge on any atom is -0.479 e. The number of carbonyl (C=O) groups is 1. The largest absolute Gasteiger partial charge is 0.479 e. The van der Waals surface area contributed by atoms with Gasteiger partial charge in [0.25, 0.3) is 0 Å². The lowest BCUT2D eigenvalue weighted by Crippen LogP contribution is -2.37. The van der Waals surface area contributed by atoms with Crippen LogP contribution in [0.25, 0.3) is 0 Å². The molecule has 1 atom stereocenters. The van der Waals surface area contributed by atoms with Crippen LogP contribution in [0.2, 0.25) is 0 Å². The second kappa shape index (κ2) is 7.69. The number of hydrogen-bond donors (Lipinski definition) is 2. The summed E-state index contributed by atoms with van der Waals surface area (Å²) in [6.45, 7) is 3.88. The van der Waals surface area contributed by atoms with Crippen LogP contribution in [-0.4, -0.2) is 21.8 Å². The summed E-state index contributed by atoms with van der Waals surface area (Å²) in [6, 6.07) is 0. The van der Waals surface area contributed by atoms with Crippen LogP contribution in [0, 0.1) is 0 Å². The van der Waals surface area contributed by atoms with E-state index >= 15 is 0 Å². The molecule has 15 heavy (non-hydrogen) atoms. The maximum atomic E-state index is 10.8. The predicted molar refractivity (Wildman–Crippen MR) is 60.9 cm³/mol. The van der Waals surface area contributed by atoms with E-state index < -0.39 is 11.6 Å². The number of hydrogen-bond acceptors (Lipinski definition) is 2. The molecule has 90 valence electrons. The molecule has 0 saturated heterocycles. The van der Waals surface area contributed by atoms with Crippen LogP contribution in [0.15, 0.2) is 0 Å². The van der Waals surface area contributed by atoms with Crippen molar-refractivity contribution in [3.8, 4) is 0 Å². The van der Waals surface area contributed by atoms with Crippen LogP contribution < -0.4 is 0 Å². The first kappa shape index (κ1) is 14.4. The highest BCUT2D eigenvalue weighted by atomic mass is 16.4. The molecule has 0 bridgehead atoms. The van der Waals surface area contributed by atoms with E-state index in [1.807, 2.05) is 0 Å². The Morgan fingerprint density at radius 1 is 1.07 bits per heavy atom. The SMILES string of the molecule is CCCCCCCCC(O)(CC)C(=O)O. The maximum Gasteiger partial charge on any atom is 0.335 e. The van der Waals surface area contributed by atoms with E-state index in [0.29, 0.717) is 6.42 Å². The number of unbranched alkanes of at least 4 members (excludes halogenated alkanes) is 5. The molecule has 0 rings (SSSR count).